The SMILES string of the molecule is Cc1noc(C)c1CN1CCN(Cc2ccccc2N2CCOC(C)C2)CC1. The van der Waals surface area contributed by atoms with Crippen LogP contribution in [0, 0.1) is 13.8 Å². The van der Waals surface area contributed by atoms with Crippen LogP contribution in [0.5, 0.6) is 0 Å². The van der Waals surface area contributed by atoms with Gasteiger partial charge in [0.05, 0.1) is 18.4 Å². The molecule has 0 N–H and O–H groups in total. The Morgan fingerprint density at radius 1 is 1.00 bits per heavy atom. The molecule has 0 amide bonds. The molecular weight excluding hydrogens is 352 g/mol. The molecule has 0 aliphatic carbocycles. The highest BCUT2D eigenvalue weighted by Gasteiger charge is 2.23. The summed E-state index contributed by atoms with van der Waals surface area (Å²) in [5.74, 6) is 0.952. The molecule has 2 saturated heterocycles. The van der Waals surface area contributed by atoms with Crippen molar-refractivity contribution in [2.75, 3.05) is 50.8 Å². The van der Waals surface area contributed by atoms with Crippen LogP contribution in [0.2, 0.25) is 0 Å². The minimum Gasteiger partial charge on any atom is -0.375 e. The van der Waals surface area contributed by atoms with Crippen molar-refractivity contribution < 1.29 is 9.26 Å². The van der Waals surface area contributed by atoms with Crippen LogP contribution in [-0.4, -0.2) is 66.9 Å². The van der Waals surface area contributed by atoms with E-state index in [2.05, 4.69) is 51.0 Å². The topological polar surface area (TPSA) is 45.0 Å². The lowest BCUT2D eigenvalue weighted by Crippen LogP contribution is -2.46. The van der Waals surface area contributed by atoms with Crippen molar-refractivity contribution in [1.29, 1.82) is 0 Å². The Hall–Kier alpha value is -1.89. The van der Waals surface area contributed by atoms with Gasteiger partial charge in [0.25, 0.3) is 0 Å². The molecule has 0 spiro atoms. The van der Waals surface area contributed by atoms with Crippen LogP contribution in [0.4, 0.5) is 5.69 Å². The Labute approximate surface area is 168 Å². The van der Waals surface area contributed by atoms with Crippen LogP contribution in [0.1, 0.15) is 29.5 Å². The highest BCUT2D eigenvalue weighted by atomic mass is 16.5. The molecule has 1 aromatic heterocycles. The van der Waals surface area contributed by atoms with E-state index in [1.165, 1.54) is 16.8 Å². The van der Waals surface area contributed by atoms with Gasteiger partial charge in [-0.3, -0.25) is 9.80 Å². The van der Waals surface area contributed by atoms with Gasteiger partial charge in [0.1, 0.15) is 5.76 Å². The maximum Gasteiger partial charge on any atom is 0.138 e. The van der Waals surface area contributed by atoms with Gasteiger partial charge in [-0.15, -0.1) is 0 Å². The Kier molecular flexibility index (Phi) is 5.99. The zero-order valence-electron chi connectivity index (χ0n) is 17.4. The predicted molar refractivity (Wildman–Crippen MR) is 111 cm³/mol. The minimum absolute atomic E-state index is 0.301. The molecule has 1 aromatic carbocycles. The lowest BCUT2D eigenvalue weighted by molar-refractivity contribution is 0.0530. The van der Waals surface area contributed by atoms with Gasteiger partial charge in [-0.25, -0.2) is 0 Å². The molecule has 28 heavy (non-hydrogen) atoms. The van der Waals surface area contributed by atoms with Crippen LogP contribution in [-0.2, 0) is 17.8 Å². The molecule has 1 atom stereocenters. The van der Waals surface area contributed by atoms with Gasteiger partial charge >= 0.3 is 0 Å². The first-order valence-electron chi connectivity index (χ1n) is 10.4. The minimum atomic E-state index is 0.301. The molecule has 6 heteroatoms. The van der Waals surface area contributed by atoms with Crippen LogP contribution in [0.15, 0.2) is 28.8 Å². The van der Waals surface area contributed by atoms with Gasteiger partial charge in [-0.2, -0.15) is 0 Å². The zero-order valence-corrected chi connectivity index (χ0v) is 17.4. The fourth-order valence-corrected chi connectivity index (χ4v) is 4.29. The van der Waals surface area contributed by atoms with Gasteiger partial charge in [0, 0.05) is 63.6 Å². The molecule has 2 aliphatic rings. The van der Waals surface area contributed by atoms with E-state index in [-0.39, 0.29) is 0 Å². The molecule has 0 radical (unpaired) electrons. The normalized spacial score (nSPS) is 22.0. The Bertz CT molecular complexity index is 763. The van der Waals surface area contributed by atoms with Gasteiger partial charge in [0.15, 0.2) is 0 Å². The van der Waals surface area contributed by atoms with Crippen LogP contribution in [0.25, 0.3) is 0 Å². The third-order valence-electron chi connectivity index (χ3n) is 6.00. The summed E-state index contributed by atoms with van der Waals surface area (Å²) in [5.41, 5.74) is 5.07. The van der Waals surface area contributed by atoms with E-state index >= 15 is 0 Å². The Morgan fingerprint density at radius 2 is 1.71 bits per heavy atom. The molecule has 2 aliphatic heterocycles. The molecule has 0 saturated carbocycles. The monoisotopic (exact) mass is 384 g/mol. The highest BCUT2D eigenvalue weighted by Crippen LogP contribution is 2.25. The standard InChI is InChI=1S/C22H32N4O2/c1-17-14-26(12-13-27-17)22-7-5-4-6-20(22)15-24-8-10-25(11-9-24)16-21-18(2)23-28-19(21)3/h4-7,17H,8-16H2,1-3H3. The number of benzene rings is 1. The van der Waals surface area contributed by atoms with Gasteiger partial charge < -0.3 is 14.2 Å². The largest absolute Gasteiger partial charge is 0.375 e. The van der Waals surface area contributed by atoms with Crippen LogP contribution in [0.3, 0.4) is 0 Å². The summed E-state index contributed by atoms with van der Waals surface area (Å²) in [7, 11) is 0. The zero-order chi connectivity index (χ0) is 19.5. The molecule has 6 nitrogen and oxygen atoms in total. The number of aromatic nitrogens is 1. The maximum atomic E-state index is 5.72. The van der Waals surface area contributed by atoms with Crippen molar-refractivity contribution >= 4 is 5.69 Å². The van der Waals surface area contributed by atoms with Gasteiger partial charge in [-0.05, 0) is 32.4 Å². The number of morpholine rings is 1. The predicted octanol–water partition coefficient (Wildman–Crippen LogP) is 2.83. The number of hydrogen-bond acceptors (Lipinski definition) is 6. The van der Waals surface area contributed by atoms with Crippen molar-refractivity contribution in [3.63, 3.8) is 0 Å². The number of aryl methyl sites for hydroxylation is 2. The van der Waals surface area contributed by atoms with Crippen LogP contribution >= 0.6 is 0 Å². The van der Waals surface area contributed by atoms with Crippen molar-refractivity contribution in [2.45, 2.75) is 40.0 Å². The second kappa shape index (κ2) is 8.64. The lowest BCUT2D eigenvalue weighted by Gasteiger charge is -2.37. The second-order valence-corrected chi connectivity index (χ2v) is 8.11. The average Bonchev–Trinajstić information content (AvgIpc) is 3.02. The smallest absolute Gasteiger partial charge is 0.138 e. The summed E-state index contributed by atoms with van der Waals surface area (Å²) < 4.78 is 11.0. The number of anilines is 1. The summed E-state index contributed by atoms with van der Waals surface area (Å²) >= 11 is 0. The molecule has 152 valence electrons. The summed E-state index contributed by atoms with van der Waals surface area (Å²) in [6.45, 7) is 15.3. The Balaban J connectivity index is 1.35. The number of hydrogen-bond donors (Lipinski definition) is 0. The molecule has 4 rings (SSSR count). The first-order valence-corrected chi connectivity index (χ1v) is 10.4. The van der Waals surface area contributed by atoms with Crippen molar-refractivity contribution in [3.05, 3.63) is 46.8 Å². The fraction of sp³-hybridized carbons (Fsp3) is 0.591. The third-order valence-corrected chi connectivity index (χ3v) is 6.00. The van der Waals surface area contributed by atoms with E-state index in [1.54, 1.807) is 0 Å². The van der Waals surface area contributed by atoms with Gasteiger partial charge in [0.2, 0.25) is 0 Å². The van der Waals surface area contributed by atoms with Crippen LogP contribution < -0.4 is 4.90 Å². The highest BCUT2D eigenvalue weighted by molar-refractivity contribution is 5.54. The average molecular weight is 385 g/mol. The number of rotatable bonds is 5. The number of para-hydroxylation sites is 1. The van der Waals surface area contributed by atoms with E-state index in [1.807, 2.05) is 13.8 Å². The summed E-state index contributed by atoms with van der Waals surface area (Å²) in [4.78, 5) is 7.57. The van der Waals surface area contributed by atoms with E-state index in [4.69, 9.17) is 9.26 Å². The maximum absolute atomic E-state index is 5.72. The van der Waals surface area contributed by atoms with Crippen molar-refractivity contribution in [2.24, 2.45) is 0 Å². The number of piperazine rings is 1. The van der Waals surface area contributed by atoms with Crippen molar-refractivity contribution in [3.8, 4) is 0 Å². The first kappa shape index (κ1) is 19.4. The molecule has 3 heterocycles. The molecule has 1 unspecified atom stereocenters. The van der Waals surface area contributed by atoms with E-state index < -0.39 is 0 Å². The summed E-state index contributed by atoms with van der Waals surface area (Å²) in [6, 6.07) is 8.86. The van der Waals surface area contributed by atoms with E-state index in [0.29, 0.717) is 6.10 Å². The Morgan fingerprint density at radius 3 is 2.39 bits per heavy atom. The second-order valence-electron chi connectivity index (χ2n) is 8.11. The number of nitrogens with zero attached hydrogens (tertiary/aromatic N) is 4. The fourth-order valence-electron chi connectivity index (χ4n) is 4.29. The molecule has 2 aromatic rings. The quantitative estimate of drug-likeness (QED) is 0.790. The van der Waals surface area contributed by atoms with Crippen molar-refractivity contribution in [1.82, 2.24) is 15.0 Å². The van der Waals surface area contributed by atoms with E-state index in [9.17, 15) is 0 Å². The molecule has 2 fully saturated rings. The number of ether oxygens (including phenoxy) is 1. The molecular formula is C22H32N4O2. The molecule has 0 bridgehead atoms. The van der Waals surface area contributed by atoms with E-state index in [0.717, 1.165) is 70.4 Å². The first-order chi connectivity index (χ1) is 13.6. The summed E-state index contributed by atoms with van der Waals surface area (Å²) in [6.07, 6.45) is 0.301. The lowest BCUT2D eigenvalue weighted by atomic mass is 10.1. The third kappa shape index (κ3) is 4.40. The van der Waals surface area contributed by atoms with Gasteiger partial charge in [-0.1, -0.05) is 23.4 Å². The summed E-state index contributed by atoms with van der Waals surface area (Å²) in [5, 5.41) is 4.09.